The lowest BCUT2D eigenvalue weighted by Crippen LogP contribution is -2.24. The molecule has 110 valence electrons. The van der Waals surface area contributed by atoms with E-state index in [1.165, 1.54) is 21.5 Å². The average Bonchev–Trinajstić information content (AvgIpc) is 2.56. The Morgan fingerprint density at radius 1 is 0.682 bits per heavy atom. The summed E-state index contributed by atoms with van der Waals surface area (Å²) < 4.78 is 0. The Morgan fingerprint density at radius 2 is 1.14 bits per heavy atom. The Kier molecular flexibility index (Phi) is 4.54. The first-order valence-electron chi connectivity index (χ1n) is 7.13. The highest BCUT2D eigenvalue weighted by Gasteiger charge is 2.24. The molecule has 0 heterocycles. The lowest BCUT2D eigenvalue weighted by molar-refractivity contribution is 1.49. The zero-order valence-electron chi connectivity index (χ0n) is 12.3. The van der Waals surface area contributed by atoms with Crippen molar-refractivity contribution in [3.63, 3.8) is 0 Å². The predicted molar refractivity (Wildman–Crippen MR) is 105 cm³/mol. The van der Waals surface area contributed by atoms with Crippen LogP contribution in [0.2, 0.25) is 0 Å². The number of rotatable bonds is 3. The minimum atomic E-state index is -2.02. The Morgan fingerprint density at radius 3 is 1.68 bits per heavy atom. The molecule has 0 nitrogen and oxygen atoms in total. The first kappa shape index (κ1) is 15.6. The molecular formula is C19H17PS2. The minimum absolute atomic E-state index is 0.960. The normalized spacial score (nSPS) is 13.5. The Labute approximate surface area is 142 Å². The van der Waals surface area contributed by atoms with E-state index in [1.807, 2.05) is 18.2 Å². The summed E-state index contributed by atoms with van der Waals surface area (Å²) in [6.45, 7) is 2.10. The van der Waals surface area contributed by atoms with Gasteiger partial charge in [0.2, 0.25) is 0 Å². The molecule has 0 saturated heterocycles. The van der Waals surface area contributed by atoms with E-state index in [1.54, 1.807) is 0 Å². The molecule has 3 heteroatoms. The maximum Gasteiger partial charge on any atom is 0.0379 e. The van der Waals surface area contributed by atoms with E-state index in [2.05, 4.69) is 80.2 Å². The Hall–Kier alpha value is -1.34. The monoisotopic (exact) mass is 340 g/mol. The van der Waals surface area contributed by atoms with Crippen LogP contribution in [-0.2, 0) is 11.8 Å². The van der Waals surface area contributed by atoms with Gasteiger partial charge in [0.15, 0.2) is 0 Å². The summed E-state index contributed by atoms with van der Waals surface area (Å²) in [6.07, 6.45) is 0. The van der Waals surface area contributed by atoms with Crippen molar-refractivity contribution in [3.05, 3.63) is 84.4 Å². The standard InChI is InChI=1S/C19H17PS2/c1-15-7-9-17(10-8-15)20(22,16-5-3-2-4-6-16)18-11-13-19(21)14-12-18/h2-14,21H,1H3. The van der Waals surface area contributed by atoms with Crippen molar-refractivity contribution in [2.24, 2.45) is 0 Å². The van der Waals surface area contributed by atoms with Gasteiger partial charge in [-0.15, -0.1) is 12.6 Å². The van der Waals surface area contributed by atoms with Crippen molar-refractivity contribution in [2.75, 3.05) is 0 Å². The van der Waals surface area contributed by atoms with Crippen LogP contribution >= 0.6 is 18.7 Å². The van der Waals surface area contributed by atoms with E-state index in [0.29, 0.717) is 0 Å². The van der Waals surface area contributed by atoms with Crippen LogP contribution in [0.1, 0.15) is 5.56 Å². The number of aryl methyl sites for hydroxylation is 1. The van der Waals surface area contributed by atoms with Crippen molar-refractivity contribution < 1.29 is 0 Å². The highest BCUT2D eigenvalue weighted by atomic mass is 32.4. The van der Waals surface area contributed by atoms with Gasteiger partial charge in [-0.25, -0.2) is 0 Å². The maximum absolute atomic E-state index is 6.27. The van der Waals surface area contributed by atoms with E-state index >= 15 is 0 Å². The lowest BCUT2D eigenvalue weighted by atomic mass is 10.2. The molecule has 0 aliphatic rings. The smallest absolute Gasteiger partial charge is 0.0379 e. The summed E-state index contributed by atoms with van der Waals surface area (Å²) in [5.41, 5.74) is 1.25. The zero-order valence-corrected chi connectivity index (χ0v) is 14.9. The molecule has 1 unspecified atom stereocenters. The van der Waals surface area contributed by atoms with E-state index in [0.717, 1.165) is 4.90 Å². The van der Waals surface area contributed by atoms with Crippen molar-refractivity contribution >= 4 is 46.4 Å². The molecule has 1 atom stereocenters. The zero-order chi connectivity index (χ0) is 15.6. The first-order chi connectivity index (χ1) is 10.6. The van der Waals surface area contributed by atoms with Crippen molar-refractivity contribution in [3.8, 4) is 0 Å². The van der Waals surface area contributed by atoms with Crippen LogP contribution in [0.25, 0.3) is 0 Å². The number of hydrogen-bond acceptors (Lipinski definition) is 2. The third kappa shape index (κ3) is 2.92. The van der Waals surface area contributed by atoms with Crippen LogP contribution < -0.4 is 15.9 Å². The van der Waals surface area contributed by atoms with Gasteiger partial charge in [-0.05, 0) is 35.0 Å². The fraction of sp³-hybridized carbons (Fsp3) is 0.0526. The molecule has 0 fully saturated rings. The average molecular weight is 340 g/mol. The van der Waals surface area contributed by atoms with E-state index in [9.17, 15) is 0 Å². The molecule has 3 aromatic carbocycles. The molecule has 22 heavy (non-hydrogen) atoms. The van der Waals surface area contributed by atoms with E-state index < -0.39 is 6.04 Å². The Balaban J connectivity index is 2.25. The van der Waals surface area contributed by atoms with E-state index in [4.69, 9.17) is 11.8 Å². The van der Waals surface area contributed by atoms with Crippen LogP contribution in [0, 0.1) is 6.92 Å². The molecule has 0 saturated carbocycles. The van der Waals surface area contributed by atoms with Crippen molar-refractivity contribution in [2.45, 2.75) is 11.8 Å². The molecule has 3 rings (SSSR count). The summed E-state index contributed by atoms with van der Waals surface area (Å²) in [5.74, 6) is 0. The first-order valence-corrected chi connectivity index (χ1v) is 10.4. The van der Waals surface area contributed by atoms with Crippen molar-refractivity contribution in [1.82, 2.24) is 0 Å². The molecule has 0 radical (unpaired) electrons. The fourth-order valence-corrected chi connectivity index (χ4v) is 6.37. The van der Waals surface area contributed by atoms with Gasteiger partial charge in [0.05, 0.1) is 0 Å². The number of benzene rings is 3. The number of thiol groups is 1. The highest BCUT2D eigenvalue weighted by molar-refractivity contribution is 8.25. The third-order valence-electron chi connectivity index (χ3n) is 3.73. The van der Waals surface area contributed by atoms with E-state index in [-0.39, 0.29) is 0 Å². The van der Waals surface area contributed by atoms with Gasteiger partial charge in [0.1, 0.15) is 0 Å². The summed E-state index contributed by atoms with van der Waals surface area (Å²) in [6, 6.07) is 25.4. The molecular weight excluding hydrogens is 323 g/mol. The summed E-state index contributed by atoms with van der Waals surface area (Å²) >= 11 is 10.7. The molecule has 0 bridgehead atoms. The van der Waals surface area contributed by atoms with Crippen LogP contribution in [-0.4, -0.2) is 0 Å². The van der Waals surface area contributed by atoms with Crippen LogP contribution in [0.15, 0.2) is 83.8 Å². The van der Waals surface area contributed by atoms with Gasteiger partial charge in [0, 0.05) is 10.9 Å². The van der Waals surface area contributed by atoms with Gasteiger partial charge in [-0.2, -0.15) is 0 Å². The molecule has 0 aliphatic heterocycles. The van der Waals surface area contributed by atoms with Crippen molar-refractivity contribution in [1.29, 1.82) is 0 Å². The Bertz CT molecular complexity index is 757. The quantitative estimate of drug-likeness (QED) is 0.555. The summed E-state index contributed by atoms with van der Waals surface area (Å²) in [4.78, 5) is 0.960. The second-order valence-electron chi connectivity index (χ2n) is 5.30. The number of hydrogen-bond donors (Lipinski definition) is 1. The molecule has 0 aromatic heterocycles. The largest absolute Gasteiger partial charge is 0.143 e. The van der Waals surface area contributed by atoms with Gasteiger partial charge >= 0.3 is 0 Å². The molecule has 0 amide bonds. The van der Waals surface area contributed by atoms with Gasteiger partial charge in [0.25, 0.3) is 0 Å². The fourth-order valence-electron chi connectivity index (χ4n) is 2.50. The maximum atomic E-state index is 6.27. The highest BCUT2D eigenvalue weighted by Crippen LogP contribution is 2.42. The lowest BCUT2D eigenvalue weighted by Gasteiger charge is -2.24. The second-order valence-corrected chi connectivity index (χ2v) is 10.2. The topological polar surface area (TPSA) is 0 Å². The summed E-state index contributed by atoms with van der Waals surface area (Å²) in [5, 5.41) is 3.65. The third-order valence-corrected chi connectivity index (χ3v) is 9.00. The van der Waals surface area contributed by atoms with Gasteiger partial charge in [-0.1, -0.05) is 84.1 Å². The molecule has 0 N–H and O–H groups in total. The van der Waals surface area contributed by atoms with Crippen LogP contribution in [0.5, 0.6) is 0 Å². The minimum Gasteiger partial charge on any atom is -0.143 e. The molecule has 0 spiro atoms. The molecule has 0 aliphatic carbocycles. The van der Waals surface area contributed by atoms with Crippen LogP contribution in [0.3, 0.4) is 0 Å². The van der Waals surface area contributed by atoms with Gasteiger partial charge in [-0.3, -0.25) is 0 Å². The predicted octanol–water partition coefficient (Wildman–Crippen LogP) is 4.04. The summed E-state index contributed by atoms with van der Waals surface area (Å²) in [7, 11) is 0. The second kappa shape index (κ2) is 6.42. The molecule has 3 aromatic rings. The van der Waals surface area contributed by atoms with Crippen LogP contribution in [0.4, 0.5) is 0 Å². The van der Waals surface area contributed by atoms with Gasteiger partial charge < -0.3 is 0 Å². The SMILES string of the molecule is Cc1ccc(P(=S)(c2ccccc2)c2ccc(S)cc2)cc1.